The van der Waals surface area contributed by atoms with Crippen LogP contribution in [0.2, 0.25) is 0 Å². The molecule has 104 valence electrons. The van der Waals surface area contributed by atoms with Crippen molar-refractivity contribution in [2.45, 2.75) is 42.9 Å². The number of nitrogens with zero attached hydrogens (tertiary/aromatic N) is 2. The molecule has 1 aromatic carbocycles. The van der Waals surface area contributed by atoms with Crippen LogP contribution in [0.15, 0.2) is 28.1 Å². The van der Waals surface area contributed by atoms with Crippen LogP contribution >= 0.6 is 24.0 Å². The van der Waals surface area contributed by atoms with E-state index in [1.54, 1.807) is 11.8 Å². The molecule has 20 heavy (non-hydrogen) atoms. The van der Waals surface area contributed by atoms with E-state index in [9.17, 15) is 5.26 Å². The van der Waals surface area contributed by atoms with Gasteiger partial charge >= 0.3 is 0 Å². The number of hydrogen-bond donors (Lipinski definition) is 0. The number of thioether (sulfide) groups is 1. The Morgan fingerprint density at radius 2 is 2.15 bits per heavy atom. The van der Waals surface area contributed by atoms with Crippen molar-refractivity contribution in [3.05, 3.63) is 29.3 Å². The summed E-state index contributed by atoms with van der Waals surface area (Å²) in [6.45, 7) is 2.77. The van der Waals surface area contributed by atoms with E-state index in [4.69, 9.17) is 12.2 Å². The first kappa shape index (κ1) is 15.3. The Morgan fingerprint density at radius 1 is 1.40 bits per heavy atom. The topological polar surface area (TPSA) is 36.1 Å². The maximum absolute atomic E-state index is 9.60. The van der Waals surface area contributed by atoms with Crippen molar-refractivity contribution in [3.8, 4) is 6.07 Å². The minimum absolute atomic E-state index is 0.0127. The van der Waals surface area contributed by atoms with Gasteiger partial charge in [0.25, 0.3) is 0 Å². The van der Waals surface area contributed by atoms with Gasteiger partial charge in [-0.05, 0) is 42.4 Å². The van der Waals surface area contributed by atoms with Crippen molar-refractivity contribution in [2.75, 3.05) is 12.3 Å². The molecule has 1 aliphatic rings. The second-order valence-electron chi connectivity index (χ2n) is 5.12. The number of hydrogen-bond acceptors (Lipinski definition) is 4. The highest BCUT2D eigenvalue weighted by Crippen LogP contribution is 2.44. The van der Waals surface area contributed by atoms with Crippen LogP contribution in [0.25, 0.3) is 0 Å². The van der Waals surface area contributed by atoms with Crippen LogP contribution in [0, 0.1) is 11.3 Å². The standard InChI is InChI=1S/C16H18N2S2/c1-2-20-15-7-5-6-14(13(15)10-17)16(11-18-12-19)8-3-4-9-16/h5-7H,2-4,8-9,11H2,1H3. The van der Waals surface area contributed by atoms with Crippen LogP contribution in [0.5, 0.6) is 0 Å². The first-order chi connectivity index (χ1) is 9.77. The third-order valence-corrected chi connectivity index (χ3v) is 5.09. The Hall–Kier alpha value is -1.14. The van der Waals surface area contributed by atoms with Gasteiger partial charge in [0.2, 0.25) is 0 Å². The van der Waals surface area contributed by atoms with Crippen molar-refractivity contribution in [1.29, 1.82) is 5.26 Å². The Labute approximate surface area is 130 Å². The molecule has 0 unspecified atom stereocenters. The lowest BCUT2D eigenvalue weighted by atomic mass is 9.77. The zero-order valence-corrected chi connectivity index (χ0v) is 13.3. The molecule has 0 spiro atoms. The Morgan fingerprint density at radius 3 is 2.75 bits per heavy atom. The summed E-state index contributed by atoms with van der Waals surface area (Å²) >= 11 is 6.46. The zero-order valence-electron chi connectivity index (χ0n) is 11.7. The third-order valence-electron chi connectivity index (χ3n) is 4.02. The van der Waals surface area contributed by atoms with Gasteiger partial charge in [0.15, 0.2) is 0 Å². The lowest BCUT2D eigenvalue weighted by Crippen LogP contribution is -2.27. The molecule has 0 heterocycles. The number of benzene rings is 1. The molecule has 2 nitrogen and oxygen atoms in total. The van der Waals surface area contributed by atoms with Gasteiger partial charge in [-0.25, -0.2) is 4.99 Å². The third kappa shape index (κ3) is 2.96. The summed E-state index contributed by atoms with van der Waals surface area (Å²) in [7, 11) is 0. The van der Waals surface area contributed by atoms with Gasteiger partial charge in [0.1, 0.15) is 6.07 Å². The predicted molar refractivity (Wildman–Crippen MR) is 87.6 cm³/mol. The van der Waals surface area contributed by atoms with E-state index in [1.165, 1.54) is 12.8 Å². The molecule has 1 saturated carbocycles. The van der Waals surface area contributed by atoms with Crippen LogP contribution in [0.4, 0.5) is 0 Å². The van der Waals surface area contributed by atoms with E-state index in [-0.39, 0.29) is 5.41 Å². The molecule has 0 amide bonds. The highest BCUT2D eigenvalue weighted by atomic mass is 32.2. The maximum Gasteiger partial charge on any atom is 0.101 e. The lowest BCUT2D eigenvalue weighted by Gasteiger charge is -2.29. The smallest absolute Gasteiger partial charge is 0.101 e. The molecular weight excluding hydrogens is 284 g/mol. The summed E-state index contributed by atoms with van der Waals surface area (Å²) in [6.07, 6.45) is 4.57. The second-order valence-corrected chi connectivity index (χ2v) is 6.61. The summed E-state index contributed by atoms with van der Waals surface area (Å²) in [6, 6.07) is 8.63. The van der Waals surface area contributed by atoms with E-state index in [0.717, 1.165) is 34.6 Å². The van der Waals surface area contributed by atoms with Gasteiger partial charge in [-0.15, -0.1) is 11.8 Å². The summed E-state index contributed by atoms with van der Waals surface area (Å²) in [5, 5.41) is 12.1. The summed E-state index contributed by atoms with van der Waals surface area (Å²) in [4.78, 5) is 5.29. The molecule has 0 N–H and O–H groups in total. The van der Waals surface area contributed by atoms with Crippen molar-refractivity contribution < 1.29 is 0 Å². The minimum atomic E-state index is -0.0127. The molecule has 0 radical (unpaired) electrons. The first-order valence-corrected chi connectivity index (χ1v) is 8.37. The van der Waals surface area contributed by atoms with Crippen LogP contribution in [0.1, 0.15) is 43.7 Å². The fourth-order valence-electron chi connectivity index (χ4n) is 3.11. The molecule has 0 aliphatic heterocycles. The zero-order chi connectivity index (χ0) is 14.4. The molecule has 0 saturated heterocycles. The normalized spacial score (nSPS) is 16.4. The van der Waals surface area contributed by atoms with Crippen molar-refractivity contribution in [2.24, 2.45) is 4.99 Å². The number of nitriles is 1. The lowest BCUT2D eigenvalue weighted by molar-refractivity contribution is 0.453. The molecular formula is C16H18N2S2. The summed E-state index contributed by atoms with van der Waals surface area (Å²) < 4.78 is 0. The first-order valence-electron chi connectivity index (χ1n) is 6.97. The highest BCUT2D eigenvalue weighted by molar-refractivity contribution is 7.99. The fourth-order valence-corrected chi connectivity index (χ4v) is 3.96. The van der Waals surface area contributed by atoms with Gasteiger partial charge in [-0.3, -0.25) is 0 Å². The molecule has 0 atom stereocenters. The number of isothiocyanates is 1. The summed E-state index contributed by atoms with van der Waals surface area (Å²) in [5.41, 5.74) is 1.98. The molecule has 1 fully saturated rings. The van der Waals surface area contributed by atoms with Gasteiger partial charge < -0.3 is 0 Å². The summed E-state index contributed by atoms with van der Waals surface area (Å²) in [5.74, 6) is 0.975. The van der Waals surface area contributed by atoms with E-state index in [1.807, 2.05) is 6.07 Å². The fraction of sp³-hybridized carbons (Fsp3) is 0.500. The number of aliphatic imine (C=N–C) groups is 1. The quantitative estimate of drug-likeness (QED) is 0.453. The van der Waals surface area contributed by atoms with E-state index >= 15 is 0 Å². The Kier molecular flexibility index (Phi) is 5.37. The van der Waals surface area contributed by atoms with Crippen molar-refractivity contribution in [3.63, 3.8) is 0 Å². The molecule has 0 bridgehead atoms. The predicted octanol–water partition coefficient (Wildman–Crippen LogP) is 4.58. The van der Waals surface area contributed by atoms with Gasteiger partial charge in [0, 0.05) is 10.3 Å². The van der Waals surface area contributed by atoms with E-state index in [2.05, 4.69) is 35.3 Å². The Balaban J connectivity index is 2.51. The van der Waals surface area contributed by atoms with E-state index in [0.29, 0.717) is 6.54 Å². The van der Waals surface area contributed by atoms with Crippen LogP contribution in [-0.4, -0.2) is 17.5 Å². The van der Waals surface area contributed by atoms with E-state index < -0.39 is 0 Å². The molecule has 0 aromatic heterocycles. The maximum atomic E-state index is 9.60. The average molecular weight is 302 g/mol. The largest absolute Gasteiger partial charge is 0.232 e. The minimum Gasteiger partial charge on any atom is -0.232 e. The van der Waals surface area contributed by atoms with Crippen LogP contribution < -0.4 is 0 Å². The Bertz CT molecular complexity index is 562. The van der Waals surface area contributed by atoms with Gasteiger partial charge in [0.05, 0.1) is 17.3 Å². The average Bonchev–Trinajstić information content (AvgIpc) is 2.95. The van der Waals surface area contributed by atoms with Crippen LogP contribution in [0.3, 0.4) is 0 Å². The molecule has 1 aromatic rings. The van der Waals surface area contributed by atoms with Gasteiger partial charge in [-0.2, -0.15) is 5.26 Å². The van der Waals surface area contributed by atoms with Crippen LogP contribution in [-0.2, 0) is 5.41 Å². The van der Waals surface area contributed by atoms with Crippen molar-refractivity contribution >= 4 is 29.1 Å². The molecule has 2 rings (SSSR count). The SMILES string of the molecule is CCSc1cccc(C2(CN=C=S)CCCC2)c1C#N. The monoisotopic (exact) mass is 302 g/mol. The highest BCUT2D eigenvalue weighted by Gasteiger charge is 2.37. The molecule has 1 aliphatic carbocycles. The second kappa shape index (κ2) is 7.04. The van der Waals surface area contributed by atoms with Gasteiger partial charge in [-0.1, -0.05) is 31.9 Å². The van der Waals surface area contributed by atoms with Crippen molar-refractivity contribution in [1.82, 2.24) is 0 Å². The molecule has 4 heteroatoms. The number of rotatable bonds is 5. The number of thiocarbonyl (C=S) groups is 1.